The van der Waals surface area contributed by atoms with Gasteiger partial charge in [-0.25, -0.2) is 0 Å². The molecule has 1 aromatic carbocycles. The van der Waals surface area contributed by atoms with Gasteiger partial charge in [-0.1, -0.05) is 17.7 Å². The highest BCUT2D eigenvalue weighted by Gasteiger charge is 2.04. The Morgan fingerprint density at radius 3 is 2.59 bits per heavy atom. The number of carbonyl (C=O) groups excluding carboxylic acids is 1. The normalized spacial score (nSPS) is 10.7. The maximum absolute atomic E-state index is 11.8. The van der Waals surface area contributed by atoms with E-state index in [1.807, 2.05) is 45.0 Å². The lowest BCUT2D eigenvalue weighted by Gasteiger charge is -2.11. The Balaban J connectivity index is 1.91. The van der Waals surface area contributed by atoms with Crippen molar-refractivity contribution in [1.82, 2.24) is 5.32 Å². The molecule has 4 nitrogen and oxygen atoms in total. The number of hydrogen-bond donors (Lipinski definition) is 2. The SMILES string of the molecule is Cc1ccc(NC(=S)NC(=O)/C=C/c2ccc(C)o2)c(C)c1. The molecule has 1 heterocycles. The Labute approximate surface area is 135 Å². The summed E-state index contributed by atoms with van der Waals surface area (Å²) in [7, 11) is 0. The number of amides is 1. The minimum Gasteiger partial charge on any atom is -0.462 e. The van der Waals surface area contributed by atoms with E-state index in [1.54, 1.807) is 12.1 Å². The average molecular weight is 314 g/mol. The number of hydrogen-bond acceptors (Lipinski definition) is 3. The first-order chi connectivity index (χ1) is 10.4. The van der Waals surface area contributed by atoms with E-state index >= 15 is 0 Å². The van der Waals surface area contributed by atoms with Gasteiger partial charge in [-0.15, -0.1) is 0 Å². The molecule has 0 saturated heterocycles. The molecule has 1 amide bonds. The molecule has 2 N–H and O–H groups in total. The van der Waals surface area contributed by atoms with Crippen LogP contribution in [0, 0.1) is 20.8 Å². The monoisotopic (exact) mass is 314 g/mol. The Bertz CT molecular complexity index is 732. The van der Waals surface area contributed by atoms with Crippen LogP contribution in [0.5, 0.6) is 0 Å². The molecule has 0 fully saturated rings. The summed E-state index contributed by atoms with van der Waals surface area (Å²) in [6.07, 6.45) is 2.98. The van der Waals surface area contributed by atoms with Crippen molar-refractivity contribution in [2.45, 2.75) is 20.8 Å². The second kappa shape index (κ2) is 7.04. The first-order valence-corrected chi connectivity index (χ1v) is 7.28. The van der Waals surface area contributed by atoms with Crippen LogP contribution in [0.1, 0.15) is 22.6 Å². The summed E-state index contributed by atoms with van der Waals surface area (Å²) in [5, 5.41) is 5.87. The number of aryl methyl sites for hydroxylation is 3. The van der Waals surface area contributed by atoms with Gasteiger partial charge in [0.2, 0.25) is 5.91 Å². The molecule has 0 atom stereocenters. The molecule has 0 aliphatic heterocycles. The van der Waals surface area contributed by atoms with Gasteiger partial charge in [-0.05, 0) is 62.8 Å². The first-order valence-electron chi connectivity index (χ1n) is 6.88. The van der Waals surface area contributed by atoms with E-state index in [1.165, 1.54) is 11.6 Å². The molecule has 0 bridgehead atoms. The molecule has 2 aromatic rings. The van der Waals surface area contributed by atoms with E-state index in [0.717, 1.165) is 17.0 Å². The molecule has 2 rings (SSSR count). The van der Waals surface area contributed by atoms with Crippen LogP contribution in [0.15, 0.2) is 40.8 Å². The van der Waals surface area contributed by atoms with Crippen LogP contribution in [-0.4, -0.2) is 11.0 Å². The fourth-order valence-corrected chi connectivity index (χ4v) is 2.17. The lowest BCUT2D eigenvalue weighted by atomic mass is 10.1. The van der Waals surface area contributed by atoms with Crippen molar-refractivity contribution in [1.29, 1.82) is 0 Å². The van der Waals surface area contributed by atoms with E-state index in [2.05, 4.69) is 10.6 Å². The Kier molecular flexibility index (Phi) is 5.12. The summed E-state index contributed by atoms with van der Waals surface area (Å²) in [4.78, 5) is 11.8. The highest BCUT2D eigenvalue weighted by atomic mass is 32.1. The number of anilines is 1. The van der Waals surface area contributed by atoms with Gasteiger partial charge in [0, 0.05) is 11.8 Å². The first kappa shape index (κ1) is 16.0. The number of nitrogens with one attached hydrogen (secondary N) is 2. The minimum absolute atomic E-state index is 0.261. The largest absolute Gasteiger partial charge is 0.462 e. The summed E-state index contributed by atoms with van der Waals surface area (Å²) in [5.74, 6) is 1.12. The Hall–Kier alpha value is -2.40. The van der Waals surface area contributed by atoms with Crippen LogP contribution in [0.3, 0.4) is 0 Å². The van der Waals surface area contributed by atoms with Gasteiger partial charge in [-0.2, -0.15) is 0 Å². The zero-order valence-corrected chi connectivity index (χ0v) is 13.6. The topological polar surface area (TPSA) is 54.3 Å². The minimum atomic E-state index is -0.309. The summed E-state index contributed by atoms with van der Waals surface area (Å²) in [5.41, 5.74) is 3.12. The van der Waals surface area contributed by atoms with Crippen LogP contribution in [0.25, 0.3) is 6.08 Å². The van der Waals surface area contributed by atoms with Crippen molar-refractivity contribution in [2.75, 3.05) is 5.32 Å². The second-order valence-corrected chi connectivity index (χ2v) is 5.45. The third-order valence-electron chi connectivity index (χ3n) is 3.03. The van der Waals surface area contributed by atoms with Crippen LogP contribution >= 0.6 is 12.2 Å². The zero-order chi connectivity index (χ0) is 16.1. The molecule has 1 aromatic heterocycles. The molecular formula is C17H18N2O2S. The van der Waals surface area contributed by atoms with Crippen LogP contribution in [0.2, 0.25) is 0 Å². The molecule has 0 aliphatic carbocycles. The van der Waals surface area contributed by atoms with E-state index in [4.69, 9.17) is 16.6 Å². The molecule has 5 heteroatoms. The molecule has 0 saturated carbocycles. The quantitative estimate of drug-likeness (QED) is 0.669. The van der Waals surface area contributed by atoms with Crippen molar-refractivity contribution in [3.05, 3.63) is 59.1 Å². The average Bonchev–Trinajstić information content (AvgIpc) is 2.85. The predicted molar refractivity (Wildman–Crippen MR) is 92.8 cm³/mol. The van der Waals surface area contributed by atoms with Crippen LogP contribution in [0.4, 0.5) is 5.69 Å². The highest BCUT2D eigenvalue weighted by Crippen LogP contribution is 2.15. The zero-order valence-electron chi connectivity index (χ0n) is 12.8. The summed E-state index contributed by atoms with van der Waals surface area (Å²) >= 11 is 5.14. The van der Waals surface area contributed by atoms with Crippen LogP contribution in [-0.2, 0) is 4.79 Å². The van der Waals surface area contributed by atoms with Crippen LogP contribution < -0.4 is 10.6 Å². The molecule has 114 valence electrons. The van der Waals surface area contributed by atoms with E-state index in [0.29, 0.717) is 5.76 Å². The fourth-order valence-electron chi connectivity index (χ4n) is 1.96. The molecule has 0 spiro atoms. The number of carbonyl (C=O) groups is 1. The molecule has 22 heavy (non-hydrogen) atoms. The maximum atomic E-state index is 11.8. The Morgan fingerprint density at radius 2 is 1.95 bits per heavy atom. The number of benzene rings is 1. The Morgan fingerprint density at radius 1 is 1.18 bits per heavy atom. The van der Waals surface area contributed by atoms with Gasteiger partial charge in [0.1, 0.15) is 11.5 Å². The fraction of sp³-hybridized carbons (Fsp3) is 0.176. The number of rotatable bonds is 3. The standard InChI is InChI=1S/C17H18N2O2S/c1-11-4-8-15(12(2)10-11)18-17(22)19-16(20)9-7-14-6-5-13(3)21-14/h4-10H,1-3H3,(H2,18,19,20,22)/b9-7+. The maximum Gasteiger partial charge on any atom is 0.250 e. The lowest BCUT2D eigenvalue weighted by molar-refractivity contribution is -0.115. The summed E-state index contributed by atoms with van der Waals surface area (Å²) in [6, 6.07) is 9.60. The molecular weight excluding hydrogens is 296 g/mol. The number of thiocarbonyl (C=S) groups is 1. The third kappa shape index (κ3) is 4.56. The second-order valence-electron chi connectivity index (χ2n) is 5.04. The van der Waals surface area contributed by atoms with Crippen molar-refractivity contribution in [3.63, 3.8) is 0 Å². The smallest absolute Gasteiger partial charge is 0.250 e. The predicted octanol–water partition coefficient (Wildman–Crippen LogP) is 3.73. The van der Waals surface area contributed by atoms with E-state index < -0.39 is 0 Å². The van der Waals surface area contributed by atoms with Gasteiger partial charge in [0.15, 0.2) is 5.11 Å². The lowest BCUT2D eigenvalue weighted by Crippen LogP contribution is -2.33. The highest BCUT2D eigenvalue weighted by molar-refractivity contribution is 7.80. The van der Waals surface area contributed by atoms with Crippen molar-refractivity contribution in [2.24, 2.45) is 0 Å². The van der Waals surface area contributed by atoms with Crippen molar-refractivity contribution in [3.8, 4) is 0 Å². The molecule has 0 radical (unpaired) electrons. The molecule has 0 aliphatic rings. The van der Waals surface area contributed by atoms with E-state index in [-0.39, 0.29) is 11.0 Å². The molecule has 0 unspecified atom stereocenters. The van der Waals surface area contributed by atoms with Gasteiger partial charge in [-0.3, -0.25) is 10.1 Å². The van der Waals surface area contributed by atoms with Gasteiger partial charge >= 0.3 is 0 Å². The van der Waals surface area contributed by atoms with Crippen molar-refractivity contribution < 1.29 is 9.21 Å². The van der Waals surface area contributed by atoms with Crippen molar-refractivity contribution >= 4 is 35.0 Å². The van der Waals surface area contributed by atoms with Gasteiger partial charge < -0.3 is 9.73 Å². The third-order valence-corrected chi connectivity index (χ3v) is 3.23. The summed E-state index contributed by atoms with van der Waals surface area (Å²) in [6.45, 7) is 5.86. The van der Waals surface area contributed by atoms with Gasteiger partial charge in [0.25, 0.3) is 0 Å². The van der Waals surface area contributed by atoms with Gasteiger partial charge in [0.05, 0.1) is 0 Å². The number of furan rings is 1. The summed E-state index contributed by atoms with van der Waals surface area (Å²) < 4.78 is 5.35. The van der Waals surface area contributed by atoms with E-state index in [9.17, 15) is 4.79 Å².